The van der Waals surface area contributed by atoms with E-state index in [1.54, 1.807) is 0 Å². The third-order valence-electron chi connectivity index (χ3n) is 3.50. The molecule has 1 aliphatic rings. The van der Waals surface area contributed by atoms with Crippen LogP contribution in [0.3, 0.4) is 0 Å². The smallest absolute Gasteiger partial charge is 0.0249 e. The number of hydrogen-bond donors (Lipinski definition) is 1. The second-order valence-corrected chi connectivity index (χ2v) is 5.16. The van der Waals surface area contributed by atoms with Gasteiger partial charge < -0.3 is 5.32 Å². The monoisotopic (exact) mass is 198 g/mol. The predicted octanol–water partition coefficient (Wildman–Crippen LogP) is 2.25. The third kappa shape index (κ3) is 3.25. The van der Waals surface area contributed by atoms with Crippen molar-refractivity contribution in [1.82, 2.24) is 10.2 Å². The first kappa shape index (κ1) is 12.0. The molecule has 1 fully saturated rings. The van der Waals surface area contributed by atoms with Crippen LogP contribution in [0.5, 0.6) is 0 Å². The minimum absolute atomic E-state index is 0.255. The van der Waals surface area contributed by atoms with Crippen LogP contribution in [-0.2, 0) is 0 Å². The Bertz CT molecular complexity index is 166. The van der Waals surface area contributed by atoms with Crippen molar-refractivity contribution in [2.24, 2.45) is 0 Å². The van der Waals surface area contributed by atoms with E-state index in [4.69, 9.17) is 0 Å². The van der Waals surface area contributed by atoms with Gasteiger partial charge in [-0.3, -0.25) is 4.90 Å². The third-order valence-corrected chi connectivity index (χ3v) is 3.50. The minimum Gasteiger partial charge on any atom is -0.314 e. The Balaban J connectivity index is 2.48. The van der Waals surface area contributed by atoms with Crippen LogP contribution in [0, 0.1) is 0 Å². The Morgan fingerprint density at radius 2 is 2.07 bits per heavy atom. The van der Waals surface area contributed by atoms with Crippen LogP contribution in [-0.4, -0.2) is 36.6 Å². The lowest BCUT2D eigenvalue weighted by molar-refractivity contribution is 0.111. The molecule has 1 atom stereocenters. The van der Waals surface area contributed by atoms with Gasteiger partial charge in [0.2, 0.25) is 0 Å². The van der Waals surface area contributed by atoms with Crippen molar-refractivity contribution in [3.8, 4) is 0 Å². The van der Waals surface area contributed by atoms with E-state index >= 15 is 0 Å². The van der Waals surface area contributed by atoms with Crippen molar-refractivity contribution < 1.29 is 0 Å². The zero-order chi connectivity index (χ0) is 10.6. The summed E-state index contributed by atoms with van der Waals surface area (Å²) in [6.45, 7) is 9.36. The van der Waals surface area contributed by atoms with Gasteiger partial charge in [-0.15, -0.1) is 0 Å². The molecule has 14 heavy (non-hydrogen) atoms. The van der Waals surface area contributed by atoms with Gasteiger partial charge in [-0.1, -0.05) is 13.3 Å². The van der Waals surface area contributed by atoms with E-state index in [1.807, 2.05) is 0 Å². The average molecular weight is 198 g/mol. The Morgan fingerprint density at radius 3 is 2.64 bits per heavy atom. The van der Waals surface area contributed by atoms with Gasteiger partial charge in [-0.05, 0) is 46.7 Å². The van der Waals surface area contributed by atoms with E-state index in [1.165, 1.54) is 38.8 Å². The molecule has 1 unspecified atom stereocenters. The van der Waals surface area contributed by atoms with Crippen LogP contribution in [0.4, 0.5) is 0 Å². The van der Waals surface area contributed by atoms with Crippen molar-refractivity contribution in [1.29, 1.82) is 0 Å². The number of nitrogens with one attached hydrogen (secondary N) is 1. The van der Waals surface area contributed by atoms with E-state index < -0.39 is 0 Å². The molecule has 1 saturated heterocycles. The quantitative estimate of drug-likeness (QED) is 0.745. The Kier molecular flexibility index (Phi) is 4.39. The van der Waals surface area contributed by atoms with Crippen LogP contribution in [0.25, 0.3) is 0 Å². The molecular weight excluding hydrogens is 172 g/mol. The second-order valence-electron chi connectivity index (χ2n) is 5.16. The van der Waals surface area contributed by atoms with Gasteiger partial charge in [0, 0.05) is 18.1 Å². The lowest BCUT2D eigenvalue weighted by atomic mass is 9.96. The molecule has 0 aromatic carbocycles. The summed E-state index contributed by atoms with van der Waals surface area (Å²) < 4.78 is 0. The number of piperidine rings is 1. The van der Waals surface area contributed by atoms with Crippen molar-refractivity contribution in [3.63, 3.8) is 0 Å². The van der Waals surface area contributed by atoms with Gasteiger partial charge in [0.25, 0.3) is 0 Å². The van der Waals surface area contributed by atoms with Crippen LogP contribution >= 0.6 is 0 Å². The lowest BCUT2D eigenvalue weighted by Crippen LogP contribution is -2.52. The fraction of sp³-hybridized carbons (Fsp3) is 1.00. The van der Waals surface area contributed by atoms with Crippen molar-refractivity contribution >= 4 is 0 Å². The molecule has 1 N–H and O–H groups in total. The van der Waals surface area contributed by atoms with Gasteiger partial charge in [0.15, 0.2) is 0 Å². The summed E-state index contributed by atoms with van der Waals surface area (Å²) in [5, 5.41) is 3.39. The van der Waals surface area contributed by atoms with Gasteiger partial charge in [0.1, 0.15) is 0 Å². The van der Waals surface area contributed by atoms with Crippen molar-refractivity contribution in [3.05, 3.63) is 0 Å². The fourth-order valence-electron chi connectivity index (χ4n) is 2.32. The van der Waals surface area contributed by atoms with Crippen molar-refractivity contribution in [2.75, 3.05) is 20.1 Å². The molecule has 1 rings (SSSR count). The minimum atomic E-state index is 0.255. The van der Waals surface area contributed by atoms with E-state index in [0.29, 0.717) is 0 Å². The molecule has 2 nitrogen and oxygen atoms in total. The number of rotatable bonds is 4. The zero-order valence-corrected chi connectivity index (χ0v) is 10.3. The molecule has 0 bridgehead atoms. The topological polar surface area (TPSA) is 15.3 Å². The number of nitrogens with zero attached hydrogens (tertiary/aromatic N) is 1. The highest BCUT2D eigenvalue weighted by atomic mass is 15.2. The van der Waals surface area contributed by atoms with Crippen LogP contribution < -0.4 is 5.32 Å². The molecule has 0 spiro atoms. The molecule has 0 aromatic heterocycles. The molecule has 0 saturated carbocycles. The first-order chi connectivity index (χ1) is 6.59. The molecule has 1 aliphatic heterocycles. The summed E-state index contributed by atoms with van der Waals surface area (Å²) in [5.74, 6) is 0. The van der Waals surface area contributed by atoms with Crippen LogP contribution in [0.1, 0.15) is 46.5 Å². The first-order valence-corrected chi connectivity index (χ1v) is 6.02. The first-order valence-electron chi connectivity index (χ1n) is 6.02. The summed E-state index contributed by atoms with van der Waals surface area (Å²) in [7, 11) is 2.06. The number of hydrogen-bond acceptors (Lipinski definition) is 2. The summed E-state index contributed by atoms with van der Waals surface area (Å²) in [5.41, 5.74) is 0.255. The van der Waals surface area contributed by atoms with E-state index in [2.05, 4.69) is 38.0 Å². The average Bonchev–Trinajstić information content (AvgIpc) is 2.18. The van der Waals surface area contributed by atoms with Crippen LogP contribution in [0.2, 0.25) is 0 Å². The summed E-state index contributed by atoms with van der Waals surface area (Å²) >= 11 is 0. The van der Waals surface area contributed by atoms with Gasteiger partial charge >= 0.3 is 0 Å². The Hall–Kier alpha value is -0.0800. The highest BCUT2D eigenvalue weighted by Crippen LogP contribution is 2.21. The van der Waals surface area contributed by atoms with Crippen molar-refractivity contribution in [2.45, 2.75) is 58.0 Å². The summed E-state index contributed by atoms with van der Waals surface area (Å²) in [4.78, 5) is 2.67. The number of likely N-dealkylation sites (N-methyl/N-ethyl adjacent to an activating group) is 1. The second kappa shape index (κ2) is 5.13. The Morgan fingerprint density at radius 1 is 1.36 bits per heavy atom. The van der Waals surface area contributed by atoms with Gasteiger partial charge in [-0.25, -0.2) is 0 Å². The maximum Gasteiger partial charge on any atom is 0.0249 e. The van der Waals surface area contributed by atoms with E-state index in [-0.39, 0.29) is 5.54 Å². The van der Waals surface area contributed by atoms with Crippen LogP contribution in [0.15, 0.2) is 0 Å². The van der Waals surface area contributed by atoms with E-state index in [0.717, 1.165) is 6.04 Å². The molecular formula is C12H26N2. The summed E-state index contributed by atoms with van der Waals surface area (Å²) in [6.07, 6.45) is 5.52. The molecule has 84 valence electrons. The Labute approximate surface area is 89.1 Å². The number of likely N-dealkylation sites (tertiary alicyclic amines) is 1. The lowest BCUT2D eigenvalue weighted by Gasteiger charge is -2.40. The molecule has 0 aliphatic carbocycles. The summed E-state index contributed by atoms with van der Waals surface area (Å²) in [6, 6.07) is 0.830. The zero-order valence-electron chi connectivity index (χ0n) is 10.3. The SMILES string of the molecule is CCC1CCCCN1CC(C)(C)NC. The maximum absolute atomic E-state index is 3.39. The molecule has 1 heterocycles. The molecule has 0 amide bonds. The maximum atomic E-state index is 3.39. The largest absolute Gasteiger partial charge is 0.314 e. The predicted molar refractivity (Wildman–Crippen MR) is 62.6 cm³/mol. The molecule has 2 heteroatoms. The normalized spacial score (nSPS) is 25.3. The highest BCUT2D eigenvalue weighted by Gasteiger charge is 2.26. The molecule has 0 radical (unpaired) electrons. The standard InChI is InChI=1S/C12H26N2/c1-5-11-8-6-7-9-14(11)10-12(2,3)13-4/h11,13H,5-10H2,1-4H3. The van der Waals surface area contributed by atoms with Gasteiger partial charge in [0.05, 0.1) is 0 Å². The molecule has 0 aromatic rings. The highest BCUT2D eigenvalue weighted by molar-refractivity contribution is 4.85. The fourth-order valence-corrected chi connectivity index (χ4v) is 2.32. The van der Waals surface area contributed by atoms with Gasteiger partial charge in [-0.2, -0.15) is 0 Å². The van der Waals surface area contributed by atoms with E-state index in [9.17, 15) is 0 Å².